The highest BCUT2D eigenvalue weighted by atomic mass is 15.1. The molecule has 20 heavy (non-hydrogen) atoms. The summed E-state index contributed by atoms with van der Waals surface area (Å²) in [5.74, 6) is 0. The van der Waals surface area contributed by atoms with Gasteiger partial charge in [-0.3, -0.25) is 0 Å². The zero-order chi connectivity index (χ0) is 14.2. The molecule has 0 aromatic heterocycles. The van der Waals surface area contributed by atoms with Gasteiger partial charge in [0.2, 0.25) is 0 Å². The SMILES string of the molecule is CCc1ccc(C(CN2CCCCCCC2)NC)cc1. The van der Waals surface area contributed by atoms with Crippen molar-refractivity contribution in [3.63, 3.8) is 0 Å². The Morgan fingerprint density at radius 1 is 1.00 bits per heavy atom. The summed E-state index contributed by atoms with van der Waals surface area (Å²) in [5.41, 5.74) is 2.85. The second-order valence-electron chi connectivity index (χ2n) is 6.00. The highest BCUT2D eigenvalue weighted by molar-refractivity contribution is 5.25. The van der Waals surface area contributed by atoms with Crippen molar-refractivity contribution < 1.29 is 0 Å². The fourth-order valence-corrected chi connectivity index (χ4v) is 3.10. The van der Waals surface area contributed by atoms with E-state index in [0.717, 1.165) is 13.0 Å². The van der Waals surface area contributed by atoms with Gasteiger partial charge in [0.05, 0.1) is 0 Å². The normalized spacial score (nSPS) is 19.3. The van der Waals surface area contributed by atoms with Gasteiger partial charge in [0.25, 0.3) is 0 Å². The molecule has 1 unspecified atom stereocenters. The molecule has 112 valence electrons. The molecule has 1 N–H and O–H groups in total. The van der Waals surface area contributed by atoms with Crippen LogP contribution in [0.1, 0.15) is 56.2 Å². The van der Waals surface area contributed by atoms with Crippen LogP contribution in [0.5, 0.6) is 0 Å². The molecule has 0 radical (unpaired) electrons. The third-order valence-electron chi connectivity index (χ3n) is 4.53. The second kappa shape index (κ2) is 8.43. The lowest BCUT2D eigenvalue weighted by atomic mass is 10.0. The number of hydrogen-bond donors (Lipinski definition) is 1. The van der Waals surface area contributed by atoms with Crippen LogP contribution in [0, 0.1) is 0 Å². The van der Waals surface area contributed by atoms with Gasteiger partial charge in [0.1, 0.15) is 0 Å². The maximum absolute atomic E-state index is 3.50. The van der Waals surface area contributed by atoms with Crippen molar-refractivity contribution in [1.29, 1.82) is 0 Å². The number of benzene rings is 1. The van der Waals surface area contributed by atoms with E-state index in [9.17, 15) is 0 Å². The molecular formula is C18H30N2. The molecule has 1 fully saturated rings. The lowest BCUT2D eigenvalue weighted by Crippen LogP contribution is -2.35. The summed E-state index contributed by atoms with van der Waals surface area (Å²) in [6, 6.07) is 9.59. The van der Waals surface area contributed by atoms with Crippen molar-refractivity contribution in [2.75, 3.05) is 26.7 Å². The largest absolute Gasteiger partial charge is 0.312 e. The maximum atomic E-state index is 3.50. The zero-order valence-corrected chi connectivity index (χ0v) is 13.2. The Hall–Kier alpha value is -0.860. The molecule has 2 rings (SSSR count). The molecule has 1 atom stereocenters. The Morgan fingerprint density at radius 3 is 2.15 bits per heavy atom. The Kier molecular flexibility index (Phi) is 6.55. The smallest absolute Gasteiger partial charge is 0.0446 e. The van der Waals surface area contributed by atoms with E-state index in [1.54, 1.807) is 0 Å². The molecule has 1 aromatic carbocycles. The van der Waals surface area contributed by atoms with Gasteiger partial charge in [-0.25, -0.2) is 0 Å². The Balaban J connectivity index is 1.95. The zero-order valence-electron chi connectivity index (χ0n) is 13.2. The van der Waals surface area contributed by atoms with Crippen molar-refractivity contribution in [2.24, 2.45) is 0 Å². The quantitative estimate of drug-likeness (QED) is 0.879. The van der Waals surface area contributed by atoms with Crippen molar-refractivity contribution in [3.05, 3.63) is 35.4 Å². The first-order valence-corrected chi connectivity index (χ1v) is 8.32. The molecule has 1 aliphatic rings. The topological polar surface area (TPSA) is 15.3 Å². The van der Waals surface area contributed by atoms with Crippen LogP contribution in [0.3, 0.4) is 0 Å². The lowest BCUT2D eigenvalue weighted by Gasteiger charge is -2.29. The average Bonchev–Trinajstić information content (AvgIpc) is 2.46. The fraction of sp³-hybridized carbons (Fsp3) is 0.667. The number of nitrogens with one attached hydrogen (secondary N) is 1. The molecule has 0 bridgehead atoms. The molecular weight excluding hydrogens is 244 g/mol. The first-order chi connectivity index (χ1) is 9.83. The van der Waals surface area contributed by atoms with Crippen molar-refractivity contribution >= 4 is 0 Å². The summed E-state index contributed by atoms with van der Waals surface area (Å²) in [7, 11) is 2.09. The lowest BCUT2D eigenvalue weighted by molar-refractivity contribution is 0.225. The molecule has 0 spiro atoms. The van der Waals surface area contributed by atoms with E-state index in [0.29, 0.717) is 6.04 Å². The predicted molar refractivity (Wildman–Crippen MR) is 87.1 cm³/mol. The maximum Gasteiger partial charge on any atom is 0.0446 e. The minimum Gasteiger partial charge on any atom is -0.312 e. The monoisotopic (exact) mass is 274 g/mol. The van der Waals surface area contributed by atoms with E-state index >= 15 is 0 Å². The summed E-state index contributed by atoms with van der Waals surface area (Å²) in [5, 5.41) is 3.50. The van der Waals surface area contributed by atoms with Gasteiger partial charge < -0.3 is 10.2 Å². The molecule has 2 heteroatoms. The van der Waals surface area contributed by atoms with Crippen molar-refractivity contribution in [2.45, 2.75) is 51.5 Å². The van der Waals surface area contributed by atoms with Gasteiger partial charge in [-0.1, -0.05) is 50.5 Å². The van der Waals surface area contributed by atoms with Gasteiger partial charge in [0, 0.05) is 12.6 Å². The number of likely N-dealkylation sites (N-methyl/N-ethyl adjacent to an activating group) is 1. The molecule has 1 heterocycles. The summed E-state index contributed by atoms with van der Waals surface area (Å²) in [6.07, 6.45) is 8.10. The summed E-state index contributed by atoms with van der Waals surface area (Å²) in [6.45, 7) is 5.89. The molecule has 2 nitrogen and oxygen atoms in total. The van der Waals surface area contributed by atoms with Crippen LogP contribution in [-0.4, -0.2) is 31.6 Å². The van der Waals surface area contributed by atoms with Gasteiger partial charge in [-0.2, -0.15) is 0 Å². The number of hydrogen-bond acceptors (Lipinski definition) is 2. The summed E-state index contributed by atoms with van der Waals surface area (Å²) in [4.78, 5) is 2.65. The van der Waals surface area contributed by atoms with Gasteiger partial charge in [0.15, 0.2) is 0 Å². The average molecular weight is 274 g/mol. The number of likely N-dealkylation sites (tertiary alicyclic amines) is 1. The molecule has 1 aliphatic heterocycles. The standard InChI is InChI=1S/C18H30N2/c1-3-16-9-11-17(12-10-16)18(19-2)15-20-13-7-5-4-6-8-14-20/h9-12,18-19H,3-8,13-15H2,1-2H3. The number of aryl methyl sites for hydroxylation is 1. The van der Waals surface area contributed by atoms with E-state index in [1.165, 1.54) is 56.3 Å². The molecule has 0 saturated carbocycles. The fourth-order valence-electron chi connectivity index (χ4n) is 3.10. The van der Waals surface area contributed by atoms with E-state index in [1.807, 2.05) is 0 Å². The highest BCUT2D eigenvalue weighted by Crippen LogP contribution is 2.18. The minimum absolute atomic E-state index is 0.459. The van der Waals surface area contributed by atoms with E-state index in [-0.39, 0.29) is 0 Å². The first kappa shape index (κ1) is 15.5. The van der Waals surface area contributed by atoms with Crippen LogP contribution >= 0.6 is 0 Å². The van der Waals surface area contributed by atoms with Gasteiger partial charge in [-0.15, -0.1) is 0 Å². The van der Waals surface area contributed by atoms with E-state index in [2.05, 4.69) is 48.5 Å². The van der Waals surface area contributed by atoms with E-state index < -0.39 is 0 Å². The number of nitrogens with zero attached hydrogens (tertiary/aromatic N) is 1. The minimum atomic E-state index is 0.459. The third-order valence-corrected chi connectivity index (χ3v) is 4.53. The molecule has 0 aliphatic carbocycles. The van der Waals surface area contributed by atoms with Gasteiger partial charge >= 0.3 is 0 Å². The summed E-state index contributed by atoms with van der Waals surface area (Å²) < 4.78 is 0. The van der Waals surface area contributed by atoms with Crippen LogP contribution in [0.25, 0.3) is 0 Å². The van der Waals surface area contributed by atoms with Crippen LogP contribution < -0.4 is 5.32 Å². The summed E-state index contributed by atoms with van der Waals surface area (Å²) >= 11 is 0. The number of rotatable bonds is 5. The van der Waals surface area contributed by atoms with Crippen molar-refractivity contribution in [3.8, 4) is 0 Å². The van der Waals surface area contributed by atoms with Crippen LogP contribution in [0.2, 0.25) is 0 Å². The Morgan fingerprint density at radius 2 is 1.60 bits per heavy atom. The highest BCUT2D eigenvalue weighted by Gasteiger charge is 2.15. The Bertz CT molecular complexity index is 364. The van der Waals surface area contributed by atoms with E-state index in [4.69, 9.17) is 0 Å². The molecule has 0 amide bonds. The van der Waals surface area contributed by atoms with Crippen LogP contribution in [0.15, 0.2) is 24.3 Å². The van der Waals surface area contributed by atoms with Crippen molar-refractivity contribution in [1.82, 2.24) is 10.2 Å². The Labute approximate surface area is 124 Å². The first-order valence-electron chi connectivity index (χ1n) is 8.32. The van der Waals surface area contributed by atoms with Crippen LogP contribution in [0.4, 0.5) is 0 Å². The van der Waals surface area contributed by atoms with Gasteiger partial charge in [-0.05, 0) is 50.5 Å². The third kappa shape index (κ3) is 4.60. The molecule has 1 aromatic rings. The molecule has 1 saturated heterocycles. The van der Waals surface area contributed by atoms with Crippen LogP contribution in [-0.2, 0) is 6.42 Å². The predicted octanol–water partition coefficient (Wildman–Crippen LogP) is 3.78. The second-order valence-corrected chi connectivity index (χ2v) is 6.00.